The molecule has 4 heteroatoms. The minimum absolute atomic E-state index is 0.383. The number of methoxy groups -OCH3 is 1. The first kappa shape index (κ1) is 12.2. The van der Waals surface area contributed by atoms with Crippen LogP contribution < -0.4 is 0 Å². The normalized spacial score (nSPS) is 10.2. The predicted octanol–water partition coefficient (Wildman–Crippen LogP) is 2.98. The maximum atomic E-state index is 13.6. The fourth-order valence-electron chi connectivity index (χ4n) is 1.80. The molecular formula is C14H12FNO2. The van der Waals surface area contributed by atoms with Gasteiger partial charge in [0.2, 0.25) is 0 Å². The highest BCUT2D eigenvalue weighted by molar-refractivity contribution is 5.90. The van der Waals surface area contributed by atoms with Gasteiger partial charge in [0.25, 0.3) is 0 Å². The van der Waals surface area contributed by atoms with Gasteiger partial charge in [-0.3, -0.25) is 4.98 Å². The van der Waals surface area contributed by atoms with Gasteiger partial charge >= 0.3 is 5.97 Å². The molecule has 1 heterocycles. The zero-order valence-corrected chi connectivity index (χ0v) is 10.1. The number of rotatable bonds is 2. The summed E-state index contributed by atoms with van der Waals surface area (Å²) in [5.41, 5.74) is 2.47. The molecule has 92 valence electrons. The Morgan fingerprint density at radius 1 is 1.28 bits per heavy atom. The minimum atomic E-state index is -0.403. The summed E-state index contributed by atoms with van der Waals surface area (Å²) in [4.78, 5) is 15.1. The molecule has 0 unspecified atom stereocenters. The largest absolute Gasteiger partial charge is 0.465 e. The van der Waals surface area contributed by atoms with Crippen molar-refractivity contribution in [3.8, 4) is 11.1 Å². The second-order valence-electron chi connectivity index (χ2n) is 3.88. The summed E-state index contributed by atoms with van der Waals surface area (Å²) in [6.07, 6.45) is 2.70. The van der Waals surface area contributed by atoms with Crippen molar-refractivity contribution in [2.45, 2.75) is 6.92 Å². The molecule has 0 spiro atoms. The molecule has 0 aliphatic rings. The van der Waals surface area contributed by atoms with E-state index in [1.54, 1.807) is 24.3 Å². The molecule has 0 bridgehead atoms. The molecular weight excluding hydrogens is 233 g/mol. The smallest absolute Gasteiger partial charge is 0.337 e. The second-order valence-corrected chi connectivity index (χ2v) is 3.88. The number of nitrogens with zero attached hydrogens (tertiary/aromatic N) is 1. The van der Waals surface area contributed by atoms with Gasteiger partial charge in [-0.15, -0.1) is 0 Å². The predicted molar refractivity (Wildman–Crippen MR) is 65.7 cm³/mol. The van der Waals surface area contributed by atoms with E-state index in [1.807, 2.05) is 6.92 Å². The lowest BCUT2D eigenvalue weighted by Crippen LogP contribution is -2.01. The zero-order chi connectivity index (χ0) is 13.1. The standard InChI is InChI=1S/C14H12FNO2/c1-9-7-10(14(17)18-2)3-4-11(9)12-5-6-16-8-13(12)15/h3-8H,1-2H3. The van der Waals surface area contributed by atoms with Gasteiger partial charge in [0, 0.05) is 11.8 Å². The average molecular weight is 245 g/mol. The highest BCUT2D eigenvalue weighted by atomic mass is 19.1. The van der Waals surface area contributed by atoms with Crippen molar-refractivity contribution in [2.24, 2.45) is 0 Å². The summed E-state index contributed by atoms with van der Waals surface area (Å²) in [5, 5.41) is 0. The second kappa shape index (κ2) is 4.96. The van der Waals surface area contributed by atoms with E-state index in [9.17, 15) is 9.18 Å². The van der Waals surface area contributed by atoms with E-state index in [-0.39, 0.29) is 5.82 Å². The van der Waals surface area contributed by atoms with Crippen LogP contribution in [0.3, 0.4) is 0 Å². The Morgan fingerprint density at radius 3 is 2.67 bits per heavy atom. The molecule has 1 aromatic heterocycles. The third-order valence-electron chi connectivity index (χ3n) is 2.71. The Morgan fingerprint density at radius 2 is 2.06 bits per heavy atom. The molecule has 0 radical (unpaired) electrons. The van der Waals surface area contributed by atoms with E-state index >= 15 is 0 Å². The molecule has 0 saturated heterocycles. The Labute approximate surface area is 104 Å². The van der Waals surface area contributed by atoms with Gasteiger partial charge in [-0.1, -0.05) is 6.07 Å². The van der Waals surface area contributed by atoms with Gasteiger partial charge in [0.05, 0.1) is 18.9 Å². The van der Waals surface area contributed by atoms with Crippen LogP contribution in [0.4, 0.5) is 4.39 Å². The quantitative estimate of drug-likeness (QED) is 0.763. The maximum Gasteiger partial charge on any atom is 0.337 e. The van der Waals surface area contributed by atoms with E-state index in [4.69, 9.17) is 0 Å². The summed E-state index contributed by atoms with van der Waals surface area (Å²) >= 11 is 0. The van der Waals surface area contributed by atoms with Crippen LogP contribution in [-0.2, 0) is 4.74 Å². The number of carbonyl (C=O) groups excluding carboxylic acids is 1. The number of ether oxygens (including phenoxy) is 1. The van der Waals surface area contributed by atoms with Crippen molar-refractivity contribution in [1.29, 1.82) is 0 Å². The van der Waals surface area contributed by atoms with E-state index in [0.29, 0.717) is 11.1 Å². The lowest BCUT2D eigenvalue weighted by atomic mass is 9.99. The van der Waals surface area contributed by atoms with Crippen LogP contribution in [0.25, 0.3) is 11.1 Å². The number of aromatic nitrogens is 1. The molecule has 2 aromatic rings. The Hall–Kier alpha value is -2.23. The van der Waals surface area contributed by atoms with Crippen LogP contribution in [0, 0.1) is 12.7 Å². The van der Waals surface area contributed by atoms with E-state index < -0.39 is 5.97 Å². The molecule has 18 heavy (non-hydrogen) atoms. The number of aryl methyl sites for hydroxylation is 1. The lowest BCUT2D eigenvalue weighted by Gasteiger charge is -2.08. The molecule has 0 amide bonds. The van der Waals surface area contributed by atoms with Crippen LogP contribution in [0.2, 0.25) is 0 Å². The van der Waals surface area contributed by atoms with Crippen molar-refractivity contribution >= 4 is 5.97 Å². The van der Waals surface area contributed by atoms with Crippen molar-refractivity contribution in [3.63, 3.8) is 0 Å². The molecule has 0 fully saturated rings. The molecule has 1 aromatic carbocycles. The summed E-state index contributed by atoms with van der Waals surface area (Å²) in [6.45, 7) is 1.82. The van der Waals surface area contributed by atoms with Crippen molar-refractivity contribution in [3.05, 3.63) is 53.6 Å². The Balaban J connectivity index is 2.49. The number of esters is 1. The van der Waals surface area contributed by atoms with Crippen molar-refractivity contribution in [2.75, 3.05) is 7.11 Å². The monoisotopic (exact) mass is 245 g/mol. The molecule has 0 aliphatic carbocycles. The summed E-state index contributed by atoms with van der Waals surface area (Å²) in [6, 6.07) is 6.62. The molecule has 3 nitrogen and oxygen atoms in total. The minimum Gasteiger partial charge on any atom is -0.465 e. The highest BCUT2D eigenvalue weighted by Gasteiger charge is 2.11. The number of pyridine rings is 1. The fraction of sp³-hybridized carbons (Fsp3) is 0.143. The highest BCUT2D eigenvalue weighted by Crippen LogP contribution is 2.26. The van der Waals surface area contributed by atoms with Crippen LogP contribution >= 0.6 is 0 Å². The van der Waals surface area contributed by atoms with Gasteiger partial charge in [0.15, 0.2) is 0 Å². The first-order valence-corrected chi connectivity index (χ1v) is 5.42. The number of halogens is 1. The topological polar surface area (TPSA) is 39.2 Å². The maximum absolute atomic E-state index is 13.6. The summed E-state index contributed by atoms with van der Waals surface area (Å²) in [7, 11) is 1.33. The molecule has 2 rings (SSSR count). The molecule has 0 atom stereocenters. The number of carbonyl (C=O) groups is 1. The molecule has 0 aliphatic heterocycles. The van der Waals surface area contributed by atoms with Gasteiger partial charge in [0.1, 0.15) is 5.82 Å². The first-order chi connectivity index (χ1) is 8.63. The van der Waals surface area contributed by atoms with E-state index in [1.165, 1.54) is 19.5 Å². The Kier molecular flexibility index (Phi) is 3.37. The first-order valence-electron chi connectivity index (χ1n) is 5.42. The van der Waals surface area contributed by atoms with E-state index in [2.05, 4.69) is 9.72 Å². The third kappa shape index (κ3) is 2.22. The van der Waals surface area contributed by atoms with Crippen molar-refractivity contribution in [1.82, 2.24) is 4.98 Å². The fourth-order valence-corrected chi connectivity index (χ4v) is 1.80. The van der Waals surface area contributed by atoms with Gasteiger partial charge in [-0.25, -0.2) is 9.18 Å². The Bertz CT molecular complexity index is 596. The SMILES string of the molecule is COC(=O)c1ccc(-c2ccncc2F)c(C)c1. The molecule has 0 saturated carbocycles. The van der Waals surface area contributed by atoms with Gasteiger partial charge in [-0.05, 0) is 36.2 Å². The van der Waals surface area contributed by atoms with Crippen LogP contribution in [0.5, 0.6) is 0 Å². The number of benzene rings is 1. The van der Waals surface area contributed by atoms with Gasteiger partial charge < -0.3 is 4.74 Å². The van der Waals surface area contributed by atoms with Crippen molar-refractivity contribution < 1.29 is 13.9 Å². The van der Waals surface area contributed by atoms with Crippen LogP contribution in [0.1, 0.15) is 15.9 Å². The third-order valence-corrected chi connectivity index (χ3v) is 2.71. The lowest BCUT2D eigenvalue weighted by molar-refractivity contribution is 0.0600. The van der Waals surface area contributed by atoms with Crippen LogP contribution in [0.15, 0.2) is 36.7 Å². The zero-order valence-electron chi connectivity index (χ0n) is 10.1. The average Bonchev–Trinajstić information content (AvgIpc) is 2.39. The number of hydrogen-bond donors (Lipinski definition) is 0. The van der Waals surface area contributed by atoms with Crippen LogP contribution in [-0.4, -0.2) is 18.1 Å². The number of hydrogen-bond acceptors (Lipinski definition) is 3. The summed E-state index contributed by atoms with van der Waals surface area (Å²) < 4.78 is 18.3. The molecule has 0 N–H and O–H groups in total. The van der Waals surface area contributed by atoms with E-state index in [0.717, 1.165) is 11.1 Å². The summed E-state index contributed by atoms with van der Waals surface area (Å²) in [5.74, 6) is -0.786. The van der Waals surface area contributed by atoms with Gasteiger partial charge in [-0.2, -0.15) is 0 Å².